The van der Waals surface area contributed by atoms with Gasteiger partial charge >= 0.3 is 12.1 Å². The Labute approximate surface area is 210 Å². The SMILES string of the molecule is Cc1nc(NC(=O)C(CCC(=O)O)NC(=O)OCC2c3ccccc3-c3ccccc32)ccc1Br. The Bertz CT molecular complexity index is 1230. The molecule has 0 aliphatic heterocycles. The molecule has 0 radical (unpaired) electrons. The predicted octanol–water partition coefficient (Wildman–Crippen LogP) is 4.86. The van der Waals surface area contributed by atoms with Gasteiger partial charge in [0.2, 0.25) is 5.91 Å². The van der Waals surface area contributed by atoms with Crippen LogP contribution < -0.4 is 10.6 Å². The average Bonchev–Trinajstić information content (AvgIpc) is 3.16. The van der Waals surface area contributed by atoms with Crippen LogP contribution in [0.4, 0.5) is 10.6 Å². The number of hydrogen-bond acceptors (Lipinski definition) is 5. The second kappa shape index (κ2) is 10.7. The van der Waals surface area contributed by atoms with Gasteiger partial charge in [-0.15, -0.1) is 0 Å². The third-order valence-corrected chi connectivity index (χ3v) is 6.71. The lowest BCUT2D eigenvalue weighted by molar-refractivity contribution is -0.137. The van der Waals surface area contributed by atoms with E-state index in [0.717, 1.165) is 26.7 Å². The van der Waals surface area contributed by atoms with Gasteiger partial charge in [-0.1, -0.05) is 48.5 Å². The Hall–Kier alpha value is -3.72. The lowest BCUT2D eigenvalue weighted by atomic mass is 9.98. The third-order valence-electron chi connectivity index (χ3n) is 5.87. The molecule has 0 saturated heterocycles. The summed E-state index contributed by atoms with van der Waals surface area (Å²) in [5.41, 5.74) is 5.02. The van der Waals surface area contributed by atoms with E-state index in [4.69, 9.17) is 9.84 Å². The largest absolute Gasteiger partial charge is 0.481 e. The number of nitrogens with zero attached hydrogens (tertiary/aromatic N) is 1. The van der Waals surface area contributed by atoms with Gasteiger partial charge in [0.1, 0.15) is 18.5 Å². The van der Waals surface area contributed by atoms with Crippen LogP contribution >= 0.6 is 15.9 Å². The van der Waals surface area contributed by atoms with Gasteiger partial charge in [0.05, 0.1) is 5.69 Å². The number of alkyl carbamates (subject to hydrolysis) is 1. The summed E-state index contributed by atoms with van der Waals surface area (Å²) in [5.74, 6) is -1.48. The number of aromatic nitrogens is 1. The van der Waals surface area contributed by atoms with Crippen LogP contribution in [0.15, 0.2) is 65.1 Å². The molecule has 9 heteroatoms. The maximum atomic E-state index is 12.8. The number of benzene rings is 2. The number of carboxylic acids is 1. The minimum absolute atomic E-state index is 0.0839. The fraction of sp³-hybridized carbons (Fsp3) is 0.231. The molecule has 8 nitrogen and oxygen atoms in total. The van der Waals surface area contributed by atoms with E-state index in [0.29, 0.717) is 11.5 Å². The van der Waals surface area contributed by atoms with E-state index in [1.165, 1.54) is 0 Å². The summed E-state index contributed by atoms with van der Waals surface area (Å²) < 4.78 is 6.30. The molecule has 3 N–H and O–H groups in total. The Morgan fingerprint density at radius 2 is 1.66 bits per heavy atom. The van der Waals surface area contributed by atoms with E-state index < -0.39 is 24.0 Å². The predicted molar refractivity (Wildman–Crippen MR) is 134 cm³/mol. The molecule has 2 aromatic carbocycles. The van der Waals surface area contributed by atoms with Gasteiger partial charge in [0.25, 0.3) is 0 Å². The molecule has 1 aromatic heterocycles. The van der Waals surface area contributed by atoms with E-state index in [1.807, 2.05) is 48.5 Å². The van der Waals surface area contributed by atoms with Crippen molar-refractivity contribution < 1.29 is 24.2 Å². The average molecular weight is 538 g/mol. The van der Waals surface area contributed by atoms with E-state index >= 15 is 0 Å². The number of rotatable bonds is 8. The molecular formula is C26H24BrN3O5. The van der Waals surface area contributed by atoms with Crippen LogP contribution in [0.25, 0.3) is 11.1 Å². The molecule has 1 aliphatic rings. The molecule has 0 bridgehead atoms. The number of amides is 2. The van der Waals surface area contributed by atoms with E-state index in [-0.39, 0.29) is 25.4 Å². The van der Waals surface area contributed by atoms with Crippen LogP contribution in [-0.4, -0.2) is 40.7 Å². The summed E-state index contributed by atoms with van der Waals surface area (Å²) in [4.78, 5) is 40.8. The van der Waals surface area contributed by atoms with Crippen molar-refractivity contribution in [2.45, 2.75) is 31.7 Å². The van der Waals surface area contributed by atoms with Crippen molar-refractivity contribution >= 4 is 39.7 Å². The minimum Gasteiger partial charge on any atom is -0.481 e. The first-order valence-electron chi connectivity index (χ1n) is 11.1. The first-order valence-corrected chi connectivity index (χ1v) is 11.9. The van der Waals surface area contributed by atoms with Crippen LogP contribution in [-0.2, 0) is 14.3 Å². The zero-order chi connectivity index (χ0) is 24.9. The number of anilines is 1. The topological polar surface area (TPSA) is 118 Å². The highest BCUT2D eigenvalue weighted by atomic mass is 79.9. The molecule has 180 valence electrons. The van der Waals surface area contributed by atoms with Gasteiger partial charge in [-0.05, 0) is 63.7 Å². The molecule has 2 amide bonds. The van der Waals surface area contributed by atoms with Crippen LogP contribution in [0.3, 0.4) is 0 Å². The summed E-state index contributed by atoms with van der Waals surface area (Å²) in [6, 6.07) is 18.2. The number of aryl methyl sites for hydroxylation is 1. The van der Waals surface area contributed by atoms with Crippen LogP contribution in [0.2, 0.25) is 0 Å². The van der Waals surface area contributed by atoms with Gasteiger partial charge in [0.15, 0.2) is 0 Å². The summed E-state index contributed by atoms with van der Waals surface area (Å²) in [7, 11) is 0. The quantitative estimate of drug-likeness (QED) is 0.377. The standard InChI is InChI=1S/C26H24BrN3O5/c1-15-21(27)10-12-23(28-15)30-25(33)22(11-13-24(31)32)29-26(34)35-14-20-18-8-4-2-6-16(18)17-7-3-5-9-19(17)20/h2-10,12,20,22H,11,13-14H2,1H3,(H,29,34)(H,31,32)(H,28,30,33). The second-order valence-electron chi connectivity index (χ2n) is 8.21. The number of ether oxygens (including phenoxy) is 1. The first kappa shape index (κ1) is 24.4. The molecule has 0 fully saturated rings. The van der Waals surface area contributed by atoms with Crippen molar-refractivity contribution in [1.29, 1.82) is 0 Å². The Balaban J connectivity index is 1.43. The fourth-order valence-electron chi connectivity index (χ4n) is 4.15. The molecule has 0 saturated carbocycles. The highest BCUT2D eigenvalue weighted by molar-refractivity contribution is 9.10. The van der Waals surface area contributed by atoms with E-state index in [1.54, 1.807) is 19.1 Å². The number of hydrogen-bond donors (Lipinski definition) is 3. The van der Waals surface area contributed by atoms with E-state index in [2.05, 4.69) is 31.5 Å². The molecule has 35 heavy (non-hydrogen) atoms. The van der Waals surface area contributed by atoms with Gasteiger partial charge in [-0.2, -0.15) is 0 Å². The van der Waals surface area contributed by atoms with Crippen LogP contribution in [0.1, 0.15) is 35.6 Å². The highest BCUT2D eigenvalue weighted by Crippen LogP contribution is 2.44. The number of pyridine rings is 1. The zero-order valence-electron chi connectivity index (χ0n) is 19.0. The summed E-state index contributed by atoms with van der Waals surface area (Å²) in [6.07, 6.45) is -1.19. The van der Waals surface area contributed by atoms with Gasteiger partial charge in [0, 0.05) is 16.8 Å². The van der Waals surface area contributed by atoms with Crippen molar-refractivity contribution in [2.75, 3.05) is 11.9 Å². The molecule has 1 unspecified atom stereocenters. The first-order chi connectivity index (χ1) is 16.8. The van der Waals surface area contributed by atoms with Crippen molar-refractivity contribution in [1.82, 2.24) is 10.3 Å². The second-order valence-corrected chi connectivity index (χ2v) is 9.06. The van der Waals surface area contributed by atoms with Crippen molar-refractivity contribution in [3.05, 3.63) is 82.0 Å². The Morgan fingerprint density at radius 3 is 2.26 bits per heavy atom. The number of halogens is 1. The Morgan fingerprint density at radius 1 is 1.03 bits per heavy atom. The highest BCUT2D eigenvalue weighted by Gasteiger charge is 2.30. The smallest absolute Gasteiger partial charge is 0.407 e. The van der Waals surface area contributed by atoms with Crippen molar-refractivity contribution in [3.8, 4) is 11.1 Å². The molecule has 3 aromatic rings. The number of carbonyl (C=O) groups is 3. The summed E-state index contributed by atoms with van der Waals surface area (Å²) >= 11 is 3.35. The van der Waals surface area contributed by atoms with Crippen LogP contribution in [0.5, 0.6) is 0 Å². The van der Waals surface area contributed by atoms with E-state index in [9.17, 15) is 14.4 Å². The lowest BCUT2D eigenvalue weighted by Crippen LogP contribution is -2.44. The monoisotopic (exact) mass is 537 g/mol. The Kier molecular flexibility index (Phi) is 7.45. The summed E-state index contributed by atoms with van der Waals surface area (Å²) in [6.45, 7) is 1.86. The normalized spacial score (nSPS) is 12.9. The molecule has 4 rings (SSSR count). The number of nitrogens with one attached hydrogen (secondary N) is 2. The minimum atomic E-state index is -1.10. The molecule has 1 heterocycles. The fourth-order valence-corrected chi connectivity index (χ4v) is 4.37. The van der Waals surface area contributed by atoms with Gasteiger partial charge in [-0.3, -0.25) is 9.59 Å². The molecular weight excluding hydrogens is 514 g/mol. The van der Waals surface area contributed by atoms with Crippen molar-refractivity contribution in [3.63, 3.8) is 0 Å². The number of aliphatic carboxylic acids is 1. The molecule has 1 atom stereocenters. The van der Waals surface area contributed by atoms with Crippen molar-refractivity contribution in [2.24, 2.45) is 0 Å². The number of carboxylic acid groups (broad SMARTS) is 1. The zero-order valence-corrected chi connectivity index (χ0v) is 20.5. The maximum Gasteiger partial charge on any atom is 0.407 e. The van der Waals surface area contributed by atoms with Crippen LogP contribution in [0, 0.1) is 6.92 Å². The lowest BCUT2D eigenvalue weighted by Gasteiger charge is -2.19. The number of carbonyl (C=O) groups excluding carboxylic acids is 2. The molecule has 1 aliphatic carbocycles. The molecule has 0 spiro atoms. The number of fused-ring (bicyclic) bond motifs is 3. The van der Waals surface area contributed by atoms with Gasteiger partial charge < -0.3 is 20.5 Å². The summed E-state index contributed by atoms with van der Waals surface area (Å²) in [5, 5.41) is 14.2. The van der Waals surface area contributed by atoms with Gasteiger partial charge in [-0.25, -0.2) is 9.78 Å². The third kappa shape index (κ3) is 5.68. The maximum absolute atomic E-state index is 12.8.